The molecule has 18 heavy (non-hydrogen) atoms. The molecule has 5 heteroatoms. The van der Waals surface area contributed by atoms with Gasteiger partial charge in [-0.3, -0.25) is 9.59 Å². The van der Waals surface area contributed by atoms with E-state index in [4.69, 9.17) is 9.84 Å². The quantitative estimate of drug-likeness (QED) is 0.834. The van der Waals surface area contributed by atoms with Gasteiger partial charge in [0.25, 0.3) is 5.91 Å². The molecule has 0 bridgehead atoms. The zero-order valence-electron chi connectivity index (χ0n) is 10.6. The van der Waals surface area contributed by atoms with E-state index in [1.807, 2.05) is 13.8 Å². The molecule has 5 nitrogen and oxygen atoms in total. The minimum atomic E-state index is -1.07. The Bertz CT molecular complexity index is 442. The van der Waals surface area contributed by atoms with Gasteiger partial charge in [-0.1, -0.05) is 6.07 Å². The van der Waals surface area contributed by atoms with Crippen LogP contribution in [0.15, 0.2) is 24.3 Å². The smallest absolute Gasteiger partial charge is 0.325 e. The second-order valence-electron chi connectivity index (χ2n) is 4.23. The van der Waals surface area contributed by atoms with Crippen molar-refractivity contribution in [1.82, 2.24) is 5.32 Å². The summed E-state index contributed by atoms with van der Waals surface area (Å²) in [6.45, 7) is 5.19. The van der Waals surface area contributed by atoms with E-state index in [9.17, 15) is 9.59 Å². The van der Waals surface area contributed by atoms with Crippen LogP contribution in [0.25, 0.3) is 0 Å². The molecule has 0 spiro atoms. The number of carbonyl (C=O) groups excluding carboxylic acids is 1. The van der Waals surface area contributed by atoms with Crippen LogP contribution >= 0.6 is 0 Å². The van der Waals surface area contributed by atoms with Crippen LogP contribution in [0, 0.1) is 0 Å². The van der Waals surface area contributed by atoms with Crippen molar-refractivity contribution in [3.05, 3.63) is 29.8 Å². The average molecular weight is 251 g/mol. The van der Waals surface area contributed by atoms with Crippen molar-refractivity contribution in [3.8, 4) is 5.75 Å². The van der Waals surface area contributed by atoms with Crippen molar-refractivity contribution >= 4 is 11.9 Å². The molecule has 0 heterocycles. The predicted molar refractivity (Wildman–Crippen MR) is 66.8 cm³/mol. The van der Waals surface area contributed by atoms with Gasteiger partial charge in [-0.25, -0.2) is 0 Å². The zero-order chi connectivity index (χ0) is 13.7. The van der Waals surface area contributed by atoms with Crippen LogP contribution in [0.4, 0.5) is 0 Å². The van der Waals surface area contributed by atoms with Crippen LogP contribution < -0.4 is 10.1 Å². The van der Waals surface area contributed by atoms with E-state index in [1.165, 1.54) is 6.92 Å². The Balaban J connectivity index is 2.77. The Morgan fingerprint density at radius 1 is 1.28 bits per heavy atom. The van der Waals surface area contributed by atoms with Crippen LogP contribution in [-0.2, 0) is 4.79 Å². The Morgan fingerprint density at radius 2 is 1.94 bits per heavy atom. The monoisotopic (exact) mass is 251 g/mol. The van der Waals surface area contributed by atoms with Gasteiger partial charge in [-0.15, -0.1) is 0 Å². The fourth-order valence-electron chi connectivity index (χ4n) is 1.32. The molecule has 0 aliphatic heterocycles. The molecule has 1 rings (SSSR count). The summed E-state index contributed by atoms with van der Waals surface area (Å²) in [4.78, 5) is 22.4. The largest absolute Gasteiger partial charge is 0.491 e. The predicted octanol–water partition coefficient (Wildman–Crippen LogP) is 1.68. The Labute approximate surface area is 106 Å². The number of amides is 1. The summed E-state index contributed by atoms with van der Waals surface area (Å²) in [5, 5.41) is 11.1. The van der Waals surface area contributed by atoms with E-state index in [-0.39, 0.29) is 6.10 Å². The van der Waals surface area contributed by atoms with Crippen molar-refractivity contribution in [1.29, 1.82) is 0 Å². The Kier molecular flexibility index (Phi) is 4.71. The first-order valence-electron chi connectivity index (χ1n) is 5.70. The molecule has 1 aromatic carbocycles. The Hall–Kier alpha value is -2.04. The molecule has 0 aromatic heterocycles. The maximum atomic E-state index is 11.8. The first-order valence-corrected chi connectivity index (χ1v) is 5.70. The third-order valence-electron chi connectivity index (χ3n) is 2.19. The number of hydrogen-bond acceptors (Lipinski definition) is 3. The average Bonchev–Trinajstić information content (AvgIpc) is 2.28. The topological polar surface area (TPSA) is 75.6 Å². The highest BCUT2D eigenvalue weighted by molar-refractivity contribution is 5.96. The number of nitrogens with one attached hydrogen (secondary N) is 1. The molecule has 0 aliphatic rings. The van der Waals surface area contributed by atoms with Crippen molar-refractivity contribution < 1.29 is 19.4 Å². The second kappa shape index (κ2) is 6.05. The summed E-state index contributed by atoms with van der Waals surface area (Å²) in [6.07, 6.45) is 0.0151. The van der Waals surface area contributed by atoms with Crippen molar-refractivity contribution in [2.75, 3.05) is 0 Å². The number of hydrogen-bond donors (Lipinski definition) is 2. The molecule has 98 valence electrons. The van der Waals surface area contributed by atoms with E-state index in [0.717, 1.165) is 0 Å². The number of carboxylic acids is 1. The minimum absolute atomic E-state index is 0.0151. The molecule has 0 aliphatic carbocycles. The summed E-state index contributed by atoms with van der Waals surface area (Å²) in [5.74, 6) is -0.919. The maximum absolute atomic E-state index is 11.8. The van der Waals surface area contributed by atoms with Crippen molar-refractivity contribution in [2.24, 2.45) is 0 Å². The molecule has 1 aromatic rings. The number of benzene rings is 1. The van der Waals surface area contributed by atoms with Gasteiger partial charge in [-0.05, 0) is 39.0 Å². The van der Waals surface area contributed by atoms with Crippen LogP contribution in [0.3, 0.4) is 0 Å². The summed E-state index contributed by atoms with van der Waals surface area (Å²) in [5.41, 5.74) is 0.376. The molecular weight excluding hydrogens is 234 g/mol. The van der Waals surface area contributed by atoms with Gasteiger partial charge in [-0.2, -0.15) is 0 Å². The van der Waals surface area contributed by atoms with Crippen LogP contribution in [0.1, 0.15) is 31.1 Å². The van der Waals surface area contributed by atoms with Crippen molar-refractivity contribution in [3.63, 3.8) is 0 Å². The molecule has 1 unspecified atom stereocenters. The van der Waals surface area contributed by atoms with E-state index in [0.29, 0.717) is 11.3 Å². The van der Waals surface area contributed by atoms with Gasteiger partial charge in [0.1, 0.15) is 11.8 Å². The van der Waals surface area contributed by atoms with Gasteiger partial charge in [0.15, 0.2) is 0 Å². The summed E-state index contributed by atoms with van der Waals surface area (Å²) in [7, 11) is 0. The summed E-state index contributed by atoms with van der Waals surface area (Å²) >= 11 is 0. The standard InChI is InChI=1S/C13H17NO4/c1-8(2)18-11-6-4-5-10(7-11)12(15)14-9(3)13(16)17/h4-9H,1-3H3,(H,14,15)(H,16,17). The van der Waals surface area contributed by atoms with E-state index in [1.54, 1.807) is 24.3 Å². The molecule has 0 radical (unpaired) electrons. The molecule has 0 saturated carbocycles. The number of carbonyl (C=O) groups is 2. The van der Waals surface area contributed by atoms with Gasteiger partial charge < -0.3 is 15.2 Å². The lowest BCUT2D eigenvalue weighted by atomic mass is 10.2. The number of aliphatic carboxylic acids is 1. The van der Waals surface area contributed by atoms with Gasteiger partial charge in [0, 0.05) is 5.56 Å². The van der Waals surface area contributed by atoms with Gasteiger partial charge in [0.05, 0.1) is 6.10 Å². The summed E-state index contributed by atoms with van der Waals surface area (Å²) in [6, 6.07) is 5.71. The fraction of sp³-hybridized carbons (Fsp3) is 0.385. The first kappa shape index (κ1) is 14.0. The SMILES string of the molecule is CC(C)Oc1cccc(C(=O)NC(C)C(=O)O)c1. The third kappa shape index (κ3) is 4.08. The van der Waals surface area contributed by atoms with Crippen molar-refractivity contribution in [2.45, 2.75) is 32.9 Å². The number of carboxylic acid groups (broad SMARTS) is 1. The molecule has 0 saturated heterocycles. The molecule has 1 amide bonds. The van der Waals surface area contributed by atoms with E-state index >= 15 is 0 Å². The second-order valence-corrected chi connectivity index (χ2v) is 4.23. The normalized spacial score (nSPS) is 12.0. The van der Waals surface area contributed by atoms with E-state index in [2.05, 4.69) is 5.32 Å². The molecule has 2 N–H and O–H groups in total. The number of ether oxygens (including phenoxy) is 1. The highest BCUT2D eigenvalue weighted by atomic mass is 16.5. The zero-order valence-corrected chi connectivity index (χ0v) is 10.6. The lowest BCUT2D eigenvalue weighted by Gasteiger charge is -2.12. The molecular formula is C13H17NO4. The van der Waals surface area contributed by atoms with E-state index < -0.39 is 17.9 Å². The first-order chi connectivity index (χ1) is 8.40. The van der Waals surface area contributed by atoms with Crippen LogP contribution in [0.2, 0.25) is 0 Å². The number of rotatable bonds is 5. The fourth-order valence-corrected chi connectivity index (χ4v) is 1.32. The lowest BCUT2D eigenvalue weighted by Crippen LogP contribution is -2.38. The van der Waals surface area contributed by atoms with Crippen LogP contribution in [0.5, 0.6) is 5.75 Å². The van der Waals surface area contributed by atoms with Crippen LogP contribution in [-0.4, -0.2) is 29.1 Å². The molecule has 0 fully saturated rings. The summed E-state index contributed by atoms with van der Waals surface area (Å²) < 4.78 is 5.46. The Morgan fingerprint density at radius 3 is 2.50 bits per heavy atom. The van der Waals surface area contributed by atoms with Gasteiger partial charge >= 0.3 is 5.97 Å². The molecule has 1 atom stereocenters. The highest BCUT2D eigenvalue weighted by Gasteiger charge is 2.15. The highest BCUT2D eigenvalue weighted by Crippen LogP contribution is 2.14. The third-order valence-corrected chi connectivity index (χ3v) is 2.19. The lowest BCUT2D eigenvalue weighted by molar-refractivity contribution is -0.138. The minimum Gasteiger partial charge on any atom is -0.491 e. The maximum Gasteiger partial charge on any atom is 0.325 e. The van der Waals surface area contributed by atoms with Gasteiger partial charge in [0.2, 0.25) is 0 Å².